The molecule has 0 heterocycles. The molecule has 2 N–H and O–H groups in total. The summed E-state index contributed by atoms with van der Waals surface area (Å²) in [7, 11) is 0. The van der Waals surface area contributed by atoms with Crippen molar-refractivity contribution in [2.24, 2.45) is 0 Å². The van der Waals surface area contributed by atoms with Crippen molar-refractivity contribution in [3.63, 3.8) is 0 Å². The minimum absolute atomic E-state index is 0.0665. The maximum atomic E-state index is 10.8. The third-order valence-corrected chi connectivity index (χ3v) is 3.02. The highest BCUT2D eigenvalue weighted by Gasteiger charge is 2.13. The molecule has 3 nitrogen and oxygen atoms in total. The van der Waals surface area contributed by atoms with Gasteiger partial charge in [-0.25, -0.2) is 4.79 Å². The summed E-state index contributed by atoms with van der Waals surface area (Å²) in [6.07, 6.45) is 2.36. The normalized spacial score (nSPS) is 12.5. The topological polar surface area (TPSA) is 57.5 Å². The van der Waals surface area contributed by atoms with Crippen LogP contribution >= 0.6 is 0 Å². The van der Waals surface area contributed by atoms with Crippen LogP contribution in [0.2, 0.25) is 0 Å². The number of carboxylic acids is 1. The minimum Gasteiger partial charge on any atom is -0.478 e. The molecule has 0 bridgehead atoms. The Hall–Kier alpha value is -1.61. The summed E-state index contributed by atoms with van der Waals surface area (Å²) < 4.78 is 0. The van der Waals surface area contributed by atoms with Gasteiger partial charge in [0.05, 0.1) is 0 Å². The monoisotopic (exact) mass is 262 g/mol. The summed E-state index contributed by atoms with van der Waals surface area (Å²) >= 11 is 0. The third-order valence-electron chi connectivity index (χ3n) is 3.02. The van der Waals surface area contributed by atoms with Crippen molar-refractivity contribution in [2.45, 2.75) is 39.0 Å². The van der Waals surface area contributed by atoms with Crippen molar-refractivity contribution < 1.29 is 15.0 Å². The smallest absolute Gasteiger partial charge is 0.328 e. The molecule has 1 aromatic carbocycles. The first-order valence-corrected chi connectivity index (χ1v) is 6.50. The first kappa shape index (κ1) is 15.4. The molecular formula is C16H22O3. The van der Waals surface area contributed by atoms with Crippen molar-refractivity contribution in [1.29, 1.82) is 0 Å². The van der Waals surface area contributed by atoms with E-state index in [0.29, 0.717) is 12.8 Å². The molecule has 0 aliphatic heterocycles. The number of allylic oxidation sites excluding steroid dienone is 1. The first-order chi connectivity index (χ1) is 8.84. The number of carbonyl (C=O) groups is 1. The lowest BCUT2D eigenvalue weighted by molar-refractivity contribution is -0.131. The molecule has 0 unspecified atom stereocenters. The fraction of sp³-hybridized carbons (Fsp3) is 0.438. The molecule has 0 radical (unpaired) electrons. The van der Waals surface area contributed by atoms with Crippen molar-refractivity contribution in [2.75, 3.05) is 6.61 Å². The molecule has 1 aromatic rings. The summed E-state index contributed by atoms with van der Waals surface area (Å²) in [4.78, 5) is 10.8. The number of rotatable bonds is 5. The van der Waals surface area contributed by atoms with Gasteiger partial charge in [-0.05, 0) is 35.0 Å². The summed E-state index contributed by atoms with van der Waals surface area (Å²) in [5.74, 6) is -0.951. The van der Waals surface area contributed by atoms with Gasteiger partial charge in [-0.3, -0.25) is 0 Å². The molecular weight excluding hydrogens is 240 g/mol. The van der Waals surface area contributed by atoms with Gasteiger partial charge in [-0.2, -0.15) is 0 Å². The van der Waals surface area contributed by atoms with E-state index in [9.17, 15) is 4.79 Å². The average molecular weight is 262 g/mol. The molecule has 0 fully saturated rings. The van der Waals surface area contributed by atoms with Gasteiger partial charge in [0.15, 0.2) is 0 Å². The predicted molar refractivity (Wildman–Crippen MR) is 77.1 cm³/mol. The molecule has 3 heteroatoms. The maximum Gasteiger partial charge on any atom is 0.328 e. The Bertz CT molecular complexity index is 450. The summed E-state index contributed by atoms with van der Waals surface area (Å²) in [6, 6.07) is 7.97. The Balaban J connectivity index is 3.01. The van der Waals surface area contributed by atoms with E-state index in [1.165, 1.54) is 11.6 Å². The highest BCUT2D eigenvalue weighted by atomic mass is 16.4. The molecule has 0 saturated heterocycles. The van der Waals surface area contributed by atoms with E-state index in [4.69, 9.17) is 10.2 Å². The molecule has 0 aliphatic carbocycles. The quantitative estimate of drug-likeness (QED) is 0.801. The van der Waals surface area contributed by atoms with Crippen LogP contribution in [0.5, 0.6) is 0 Å². The van der Waals surface area contributed by atoms with Crippen molar-refractivity contribution >= 4 is 11.5 Å². The van der Waals surface area contributed by atoms with Gasteiger partial charge in [-0.15, -0.1) is 0 Å². The zero-order chi connectivity index (χ0) is 14.5. The number of aliphatic carboxylic acids is 1. The Labute approximate surface area is 114 Å². The highest BCUT2D eigenvalue weighted by molar-refractivity contribution is 5.90. The lowest BCUT2D eigenvalue weighted by Crippen LogP contribution is -2.10. The molecule has 0 amide bonds. The minimum atomic E-state index is -0.951. The van der Waals surface area contributed by atoms with Crippen molar-refractivity contribution in [1.82, 2.24) is 0 Å². The van der Waals surface area contributed by atoms with Gasteiger partial charge >= 0.3 is 5.97 Å². The second kappa shape index (κ2) is 6.53. The van der Waals surface area contributed by atoms with Crippen LogP contribution in [-0.2, 0) is 10.2 Å². The SMILES string of the molecule is CC(C)(C)c1ccc(/C(=C/C(=O)O)CCCO)cc1. The van der Waals surface area contributed by atoms with E-state index in [-0.39, 0.29) is 12.0 Å². The molecule has 0 spiro atoms. The highest BCUT2D eigenvalue weighted by Crippen LogP contribution is 2.26. The van der Waals surface area contributed by atoms with Gasteiger partial charge in [0.2, 0.25) is 0 Å². The lowest BCUT2D eigenvalue weighted by atomic mass is 9.86. The van der Waals surface area contributed by atoms with E-state index < -0.39 is 5.97 Å². The number of aliphatic hydroxyl groups is 1. The number of hydrogen-bond acceptors (Lipinski definition) is 2. The number of carboxylic acid groups (broad SMARTS) is 1. The Kier molecular flexibility index (Phi) is 5.31. The van der Waals surface area contributed by atoms with E-state index in [1.54, 1.807) is 0 Å². The third kappa shape index (κ3) is 4.87. The predicted octanol–water partition coefficient (Wildman–Crippen LogP) is 3.22. The van der Waals surface area contributed by atoms with Crippen LogP contribution in [0.3, 0.4) is 0 Å². The fourth-order valence-electron chi connectivity index (χ4n) is 1.90. The summed E-state index contributed by atoms with van der Waals surface area (Å²) in [5, 5.41) is 17.8. The van der Waals surface area contributed by atoms with Crippen molar-refractivity contribution in [3.8, 4) is 0 Å². The largest absolute Gasteiger partial charge is 0.478 e. The van der Waals surface area contributed by atoms with Crippen LogP contribution in [0.1, 0.15) is 44.7 Å². The molecule has 104 valence electrons. The van der Waals surface area contributed by atoms with E-state index in [1.807, 2.05) is 24.3 Å². The van der Waals surface area contributed by atoms with E-state index in [0.717, 1.165) is 11.1 Å². The molecule has 0 atom stereocenters. The summed E-state index contributed by atoms with van der Waals surface area (Å²) in [5.41, 5.74) is 2.96. The van der Waals surface area contributed by atoms with Gasteiger partial charge < -0.3 is 10.2 Å². The first-order valence-electron chi connectivity index (χ1n) is 6.50. The van der Waals surface area contributed by atoms with Crippen LogP contribution in [0.25, 0.3) is 5.57 Å². The van der Waals surface area contributed by atoms with Gasteiger partial charge in [0.25, 0.3) is 0 Å². The van der Waals surface area contributed by atoms with Gasteiger partial charge in [-0.1, -0.05) is 45.0 Å². The summed E-state index contributed by atoms with van der Waals surface area (Å²) in [6.45, 7) is 6.49. The molecule has 19 heavy (non-hydrogen) atoms. The molecule has 0 aromatic heterocycles. The molecule has 0 aliphatic rings. The second-order valence-corrected chi connectivity index (χ2v) is 5.66. The second-order valence-electron chi connectivity index (χ2n) is 5.66. The van der Waals surface area contributed by atoms with Crippen molar-refractivity contribution in [3.05, 3.63) is 41.5 Å². The van der Waals surface area contributed by atoms with Crippen LogP contribution in [-0.4, -0.2) is 22.8 Å². The number of benzene rings is 1. The van der Waals surface area contributed by atoms with Gasteiger partial charge in [0.1, 0.15) is 0 Å². The van der Waals surface area contributed by atoms with Crippen LogP contribution < -0.4 is 0 Å². The van der Waals surface area contributed by atoms with Crippen LogP contribution in [0, 0.1) is 0 Å². The number of hydrogen-bond donors (Lipinski definition) is 2. The molecule has 0 saturated carbocycles. The van der Waals surface area contributed by atoms with Crippen LogP contribution in [0.15, 0.2) is 30.3 Å². The Morgan fingerprint density at radius 2 is 1.79 bits per heavy atom. The van der Waals surface area contributed by atoms with E-state index >= 15 is 0 Å². The Morgan fingerprint density at radius 3 is 2.21 bits per heavy atom. The van der Waals surface area contributed by atoms with Gasteiger partial charge in [0, 0.05) is 12.7 Å². The average Bonchev–Trinajstić information content (AvgIpc) is 2.33. The zero-order valence-electron chi connectivity index (χ0n) is 11.8. The standard InChI is InChI=1S/C16H22O3/c1-16(2,3)14-8-6-12(7-9-14)13(5-4-10-17)11-15(18)19/h6-9,11,17H,4-5,10H2,1-3H3,(H,18,19)/b13-11+. The zero-order valence-corrected chi connectivity index (χ0v) is 11.8. The fourth-order valence-corrected chi connectivity index (χ4v) is 1.90. The Morgan fingerprint density at radius 1 is 1.21 bits per heavy atom. The lowest BCUT2D eigenvalue weighted by Gasteiger charge is -2.19. The number of aliphatic hydroxyl groups excluding tert-OH is 1. The van der Waals surface area contributed by atoms with E-state index in [2.05, 4.69) is 20.8 Å². The maximum absolute atomic E-state index is 10.8. The molecule has 1 rings (SSSR count). The van der Waals surface area contributed by atoms with Crippen LogP contribution in [0.4, 0.5) is 0 Å².